The van der Waals surface area contributed by atoms with E-state index in [4.69, 9.17) is 0 Å². The van der Waals surface area contributed by atoms with Crippen LogP contribution in [0.15, 0.2) is 0 Å². The van der Waals surface area contributed by atoms with E-state index < -0.39 is 0 Å². The Hall–Kier alpha value is -0.330. The van der Waals surface area contributed by atoms with Crippen LogP contribution in [0.5, 0.6) is 0 Å². The molecule has 0 aromatic heterocycles. The zero-order valence-electron chi connectivity index (χ0n) is 7.18. The number of rotatable bonds is 0. The smallest absolute Gasteiger partial charge is 0.136 e. The number of carbonyl (C=O) groups is 1. The molecule has 0 heterocycles. The minimum atomic E-state index is 0.439. The van der Waals surface area contributed by atoms with Crippen molar-refractivity contribution in [1.29, 1.82) is 0 Å². The Kier molecular flexibility index (Phi) is 1.74. The van der Waals surface area contributed by atoms with Gasteiger partial charge in [0, 0.05) is 12.3 Å². The van der Waals surface area contributed by atoms with Gasteiger partial charge < -0.3 is 0 Å². The number of Topliss-reactive ketones (excluding diaryl/α,β-unsaturated/α-hetero) is 1. The molecule has 2 bridgehead atoms. The first-order valence-electron chi connectivity index (χ1n) is 4.80. The van der Waals surface area contributed by atoms with Gasteiger partial charge in [-0.25, -0.2) is 0 Å². The highest BCUT2D eigenvalue weighted by atomic mass is 16.1. The average molecular weight is 152 g/mol. The monoisotopic (exact) mass is 152 g/mol. The van der Waals surface area contributed by atoms with E-state index in [0.717, 1.165) is 12.3 Å². The van der Waals surface area contributed by atoms with Crippen LogP contribution >= 0.6 is 0 Å². The van der Waals surface area contributed by atoms with E-state index >= 15 is 0 Å². The molecule has 3 aliphatic carbocycles. The van der Waals surface area contributed by atoms with Crippen LogP contribution < -0.4 is 0 Å². The second kappa shape index (κ2) is 2.62. The van der Waals surface area contributed by atoms with Crippen molar-refractivity contribution in [2.75, 3.05) is 0 Å². The third-order valence-electron chi connectivity index (χ3n) is 3.51. The van der Waals surface area contributed by atoms with Crippen LogP contribution in [-0.2, 0) is 4.79 Å². The van der Waals surface area contributed by atoms with Gasteiger partial charge in [-0.05, 0) is 37.5 Å². The molecular formula is C10H16O. The number of hydrogen-bond donors (Lipinski definition) is 0. The molecular weight excluding hydrogens is 136 g/mol. The Bertz CT molecular complexity index is 174. The standard InChI is InChI=1S/C10H16O/c1-7-2-3-8-4-5-9(7)10(11)6-8/h7-9H,2-6H2,1H3. The Morgan fingerprint density at radius 3 is 2.64 bits per heavy atom. The summed E-state index contributed by atoms with van der Waals surface area (Å²) < 4.78 is 0. The maximum absolute atomic E-state index is 11.5. The van der Waals surface area contributed by atoms with Gasteiger partial charge in [0.1, 0.15) is 5.78 Å². The second-order valence-corrected chi connectivity index (χ2v) is 4.27. The third kappa shape index (κ3) is 1.21. The van der Waals surface area contributed by atoms with Crippen molar-refractivity contribution in [2.45, 2.75) is 39.0 Å². The van der Waals surface area contributed by atoms with E-state index in [9.17, 15) is 4.79 Å². The molecule has 1 heteroatoms. The summed E-state index contributed by atoms with van der Waals surface area (Å²) in [6.45, 7) is 2.25. The lowest BCUT2D eigenvalue weighted by atomic mass is 9.80. The second-order valence-electron chi connectivity index (χ2n) is 4.27. The first-order valence-corrected chi connectivity index (χ1v) is 4.80. The summed E-state index contributed by atoms with van der Waals surface area (Å²) in [6.07, 6.45) is 6.00. The Labute approximate surface area is 68.2 Å². The normalized spacial score (nSPS) is 44.1. The van der Waals surface area contributed by atoms with Gasteiger partial charge in [-0.2, -0.15) is 0 Å². The zero-order valence-corrected chi connectivity index (χ0v) is 7.18. The molecule has 0 aromatic carbocycles. The lowest BCUT2D eigenvalue weighted by Gasteiger charge is -2.23. The summed E-state index contributed by atoms with van der Waals surface area (Å²) in [4.78, 5) is 11.5. The van der Waals surface area contributed by atoms with Gasteiger partial charge in [0.15, 0.2) is 0 Å². The van der Waals surface area contributed by atoms with Gasteiger partial charge in [0.2, 0.25) is 0 Å². The summed E-state index contributed by atoms with van der Waals surface area (Å²) in [6, 6.07) is 0. The van der Waals surface area contributed by atoms with Crippen molar-refractivity contribution in [1.82, 2.24) is 0 Å². The van der Waals surface area contributed by atoms with Gasteiger partial charge in [0.05, 0.1) is 0 Å². The van der Waals surface area contributed by atoms with Crippen LogP contribution in [0.25, 0.3) is 0 Å². The fourth-order valence-corrected chi connectivity index (χ4v) is 2.66. The molecule has 3 fully saturated rings. The summed E-state index contributed by atoms with van der Waals surface area (Å²) in [7, 11) is 0. The predicted molar refractivity (Wildman–Crippen MR) is 44.2 cm³/mol. The molecule has 11 heavy (non-hydrogen) atoms. The Morgan fingerprint density at radius 2 is 1.91 bits per heavy atom. The molecule has 0 radical (unpaired) electrons. The highest BCUT2D eigenvalue weighted by molar-refractivity contribution is 5.82. The molecule has 1 nitrogen and oxygen atoms in total. The number of ketones is 1. The number of hydrogen-bond acceptors (Lipinski definition) is 1. The highest BCUT2D eigenvalue weighted by Crippen LogP contribution is 2.39. The molecule has 3 atom stereocenters. The first-order chi connectivity index (χ1) is 5.27. The van der Waals surface area contributed by atoms with Crippen molar-refractivity contribution < 1.29 is 4.79 Å². The maximum Gasteiger partial charge on any atom is 0.136 e. The van der Waals surface area contributed by atoms with Crippen molar-refractivity contribution in [3.63, 3.8) is 0 Å². The van der Waals surface area contributed by atoms with Crippen molar-refractivity contribution in [3.05, 3.63) is 0 Å². The summed E-state index contributed by atoms with van der Waals surface area (Å²) >= 11 is 0. The summed E-state index contributed by atoms with van der Waals surface area (Å²) in [5.74, 6) is 2.43. The van der Waals surface area contributed by atoms with E-state index in [-0.39, 0.29) is 0 Å². The summed E-state index contributed by atoms with van der Waals surface area (Å²) in [5.41, 5.74) is 0. The SMILES string of the molecule is CC1CCC2CCC1C(=O)C2. The molecule has 3 saturated carbocycles. The fourth-order valence-electron chi connectivity index (χ4n) is 2.66. The molecule has 0 N–H and O–H groups in total. The zero-order chi connectivity index (χ0) is 7.84. The molecule has 0 aliphatic heterocycles. The topological polar surface area (TPSA) is 17.1 Å². The quantitative estimate of drug-likeness (QED) is 0.521. The number of fused-ring (bicyclic) bond motifs is 4. The minimum Gasteiger partial charge on any atom is -0.299 e. The number of carbonyl (C=O) groups excluding carboxylic acids is 1. The van der Waals surface area contributed by atoms with Crippen LogP contribution in [0.4, 0.5) is 0 Å². The lowest BCUT2D eigenvalue weighted by molar-refractivity contribution is -0.126. The molecule has 0 aromatic rings. The van der Waals surface area contributed by atoms with Crippen molar-refractivity contribution in [3.8, 4) is 0 Å². The molecule has 0 amide bonds. The Morgan fingerprint density at radius 1 is 1.18 bits per heavy atom. The van der Waals surface area contributed by atoms with E-state index in [0.29, 0.717) is 17.6 Å². The van der Waals surface area contributed by atoms with E-state index in [1.165, 1.54) is 25.7 Å². The first kappa shape index (κ1) is 7.33. The van der Waals surface area contributed by atoms with E-state index in [1.54, 1.807) is 0 Å². The largest absolute Gasteiger partial charge is 0.299 e. The molecule has 3 aliphatic rings. The van der Waals surface area contributed by atoms with Crippen LogP contribution in [-0.4, -0.2) is 5.78 Å². The van der Waals surface area contributed by atoms with Gasteiger partial charge in [-0.1, -0.05) is 6.92 Å². The van der Waals surface area contributed by atoms with Crippen molar-refractivity contribution >= 4 is 5.78 Å². The Balaban J connectivity index is 2.19. The fraction of sp³-hybridized carbons (Fsp3) is 0.900. The van der Waals surface area contributed by atoms with Gasteiger partial charge in [-0.3, -0.25) is 4.79 Å². The van der Waals surface area contributed by atoms with Crippen LogP contribution in [0, 0.1) is 17.8 Å². The molecule has 3 rings (SSSR count). The minimum absolute atomic E-state index is 0.439. The van der Waals surface area contributed by atoms with E-state index in [2.05, 4.69) is 6.92 Å². The lowest BCUT2D eigenvalue weighted by Crippen LogP contribution is -2.24. The van der Waals surface area contributed by atoms with Gasteiger partial charge in [0.25, 0.3) is 0 Å². The van der Waals surface area contributed by atoms with Crippen LogP contribution in [0.3, 0.4) is 0 Å². The van der Waals surface area contributed by atoms with Gasteiger partial charge in [-0.15, -0.1) is 0 Å². The van der Waals surface area contributed by atoms with Crippen molar-refractivity contribution in [2.24, 2.45) is 17.8 Å². The summed E-state index contributed by atoms with van der Waals surface area (Å²) in [5, 5.41) is 0. The predicted octanol–water partition coefficient (Wildman–Crippen LogP) is 2.40. The molecule has 62 valence electrons. The van der Waals surface area contributed by atoms with Crippen LogP contribution in [0.1, 0.15) is 39.0 Å². The highest BCUT2D eigenvalue weighted by Gasteiger charge is 2.35. The molecule has 0 saturated heterocycles. The average Bonchev–Trinajstić information content (AvgIpc) is 2.21. The van der Waals surface area contributed by atoms with Gasteiger partial charge >= 0.3 is 0 Å². The molecule has 3 unspecified atom stereocenters. The third-order valence-corrected chi connectivity index (χ3v) is 3.51. The maximum atomic E-state index is 11.5. The molecule has 0 spiro atoms. The van der Waals surface area contributed by atoms with E-state index in [1.807, 2.05) is 0 Å². The van der Waals surface area contributed by atoms with Crippen LogP contribution in [0.2, 0.25) is 0 Å².